The Morgan fingerprint density at radius 2 is 2.18 bits per heavy atom. The van der Waals surface area contributed by atoms with Crippen molar-refractivity contribution in [3.05, 3.63) is 35.4 Å². The molecule has 0 radical (unpaired) electrons. The average Bonchev–Trinajstić information content (AvgIpc) is 2.36. The van der Waals surface area contributed by atoms with Gasteiger partial charge in [-0.3, -0.25) is 0 Å². The quantitative estimate of drug-likeness (QED) is 0.595. The fraction of sp³-hybridized carbons (Fsp3) is 0.385. The number of rotatable bonds is 3. The Bertz CT molecular complexity index is 467. The van der Waals surface area contributed by atoms with Gasteiger partial charge in [-0.15, -0.1) is 0 Å². The summed E-state index contributed by atoms with van der Waals surface area (Å²) in [4.78, 5) is 11.6. The van der Waals surface area contributed by atoms with Gasteiger partial charge in [-0.2, -0.15) is 5.26 Å². The molecule has 1 aromatic rings. The smallest absolute Gasteiger partial charge is 0.338 e. The van der Waals surface area contributed by atoms with Gasteiger partial charge in [0, 0.05) is 12.0 Å². The third-order valence-corrected chi connectivity index (χ3v) is 2.84. The van der Waals surface area contributed by atoms with Crippen LogP contribution in [0.25, 0.3) is 0 Å². The van der Waals surface area contributed by atoms with Crippen molar-refractivity contribution in [2.24, 2.45) is 0 Å². The summed E-state index contributed by atoms with van der Waals surface area (Å²) in [6.07, 6.45) is -0.776. The van der Waals surface area contributed by atoms with Crippen LogP contribution in [0.3, 0.4) is 0 Å². The number of esters is 1. The van der Waals surface area contributed by atoms with E-state index in [0.717, 1.165) is 0 Å². The maximum absolute atomic E-state index is 14.1. The fourth-order valence-electron chi connectivity index (χ4n) is 1.97. The minimum Gasteiger partial charge on any atom is -0.455 e. The molecular formula is C13H12FNO2. The van der Waals surface area contributed by atoms with E-state index in [4.69, 9.17) is 10.00 Å². The van der Waals surface area contributed by atoms with Crippen molar-refractivity contribution in [3.63, 3.8) is 0 Å². The molecule has 1 heterocycles. The number of ether oxygens (including phenoxy) is 1. The predicted molar refractivity (Wildman–Crippen MR) is 59.0 cm³/mol. The molecule has 3 nitrogen and oxygen atoms in total. The molecule has 0 saturated carbocycles. The van der Waals surface area contributed by atoms with Gasteiger partial charge in [-0.05, 0) is 18.9 Å². The van der Waals surface area contributed by atoms with E-state index in [0.29, 0.717) is 30.4 Å². The molecule has 17 heavy (non-hydrogen) atoms. The van der Waals surface area contributed by atoms with E-state index in [-0.39, 0.29) is 0 Å². The molecule has 0 aliphatic carbocycles. The SMILES string of the molecule is N#CCCC[C@@H]1OC(=O)c2ccccc2[C@@H]1F. The van der Waals surface area contributed by atoms with E-state index >= 15 is 0 Å². The van der Waals surface area contributed by atoms with Crippen LogP contribution in [0.1, 0.15) is 41.4 Å². The molecule has 0 unspecified atom stereocenters. The lowest BCUT2D eigenvalue weighted by atomic mass is 9.94. The first-order valence-electron chi connectivity index (χ1n) is 5.55. The minimum absolute atomic E-state index is 0.302. The number of nitriles is 1. The second kappa shape index (κ2) is 4.96. The Balaban J connectivity index is 2.15. The molecule has 0 amide bonds. The lowest BCUT2D eigenvalue weighted by Gasteiger charge is -2.27. The van der Waals surface area contributed by atoms with Crippen molar-refractivity contribution < 1.29 is 13.9 Å². The Morgan fingerprint density at radius 3 is 2.94 bits per heavy atom. The summed E-state index contributed by atoms with van der Waals surface area (Å²) in [7, 11) is 0. The van der Waals surface area contributed by atoms with E-state index in [1.165, 1.54) is 0 Å². The van der Waals surface area contributed by atoms with Crippen LogP contribution < -0.4 is 0 Å². The predicted octanol–water partition coefficient (Wildman–Crippen LogP) is 2.93. The summed E-state index contributed by atoms with van der Waals surface area (Å²) in [5.74, 6) is -0.476. The molecule has 4 heteroatoms. The lowest BCUT2D eigenvalue weighted by molar-refractivity contribution is -0.00623. The van der Waals surface area contributed by atoms with Crippen LogP contribution >= 0.6 is 0 Å². The maximum Gasteiger partial charge on any atom is 0.338 e. The van der Waals surface area contributed by atoms with Crippen molar-refractivity contribution in [2.75, 3.05) is 0 Å². The third-order valence-electron chi connectivity index (χ3n) is 2.84. The molecule has 0 saturated heterocycles. The number of nitrogens with zero attached hydrogens (tertiary/aromatic N) is 1. The van der Waals surface area contributed by atoms with Crippen LogP contribution in [-0.4, -0.2) is 12.1 Å². The molecular weight excluding hydrogens is 221 g/mol. The van der Waals surface area contributed by atoms with Crippen molar-refractivity contribution >= 4 is 5.97 Å². The van der Waals surface area contributed by atoms with E-state index in [9.17, 15) is 9.18 Å². The number of benzene rings is 1. The second-order valence-corrected chi connectivity index (χ2v) is 3.98. The standard InChI is InChI=1S/C13H12FNO2/c14-12-9-5-1-2-6-10(9)13(16)17-11(12)7-3-4-8-15/h1-2,5-6,11-12H,3-4,7H2/t11-,12-/m0/s1. The van der Waals surface area contributed by atoms with Gasteiger partial charge in [0.1, 0.15) is 6.10 Å². The zero-order valence-corrected chi connectivity index (χ0v) is 9.23. The number of halogens is 1. The molecule has 0 bridgehead atoms. The molecule has 1 aromatic carbocycles. The van der Waals surface area contributed by atoms with Crippen LogP contribution in [0.4, 0.5) is 4.39 Å². The number of cyclic esters (lactones) is 1. The number of hydrogen-bond donors (Lipinski definition) is 0. The molecule has 0 aromatic heterocycles. The highest BCUT2D eigenvalue weighted by Gasteiger charge is 2.34. The van der Waals surface area contributed by atoms with Gasteiger partial charge in [-0.25, -0.2) is 9.18 Å². The molecule has 0 fully saturated rings. The van der Waals surface area contributed by atoms with Crippen molar-refractivity contribution in [2.45, 2.75) is 31.5 Å². The summed E-state index contributed by atoms with van der Waals surface area (Å²) >= 11 is 0. The summed E-state index contributed by atoms with van der Waals surface area (Å²) in [6.45, 7) is 0. The first kappa shape index (κ1) is 11.6. The Morgan fingerprint density at radius 1 is 1.41 bits per heavy atom. The topological polar surface area (TPSA) is 50.1 Å². The van der Waals surface area contributed by atoms with Crippen molar-refractivity contribution in [1.29, 1.82) is 5.26 Å². The Hall–Kier alpha value is -1.89. The molecule has 2 rings (SSSR count). The highest BCUT2D eigenvalue weighted by Crippen LogP contribution is 2.34. The first-order chi connectivity index (χ1) is 8.24. The van der Waals surface area contributed by atoms with Crippen LogP contribution in [0, 0.1) is 11.3 Å². The fourth-order valence-corrected chi connectivity index (χ4v) is 1.97. The summed E-state index contributed by atoms with van der Waals surface area (Å²) in [6, 6.07) is 8.55. The van der Waals surface area contributed by atoms with Crippen LogP contribution in [0.5, 0.6) is 0 Å². The first-order valence-corrected chi connectivity index (χ1v) is 5.55. The van der Waals surface area contributed by atoms with Crippen LogP contribution in [0.2, 0.25) is 0 Å². The van der Waals surface area contributed by atoms with Gasteiger partial charge in [-0.1, -0.05) is 18.2 Å². The highest BCUT2D eigenvalue weighted by molar-refractivity contribution is 5.92. The molecule has 1 aliphatic heterocycles. The van der Waals surface area contributed by atoms with Crippen molar-refractivity contribution in [1.82, 2.24) is 0 Å². The molecule has 88 valence electrons. The zero-order chi connectivity index (χ0) is 12.3. The largest absolute Gasteiger partial charge is 0.455 e. The molecule has 1 aliphatic rings. The van der Waals surface area contributed by atoms with Gasteiger partial charge >= 0.3 is 5.97 Å². The molecule has 2 atom stereocenters. The lowest BCUT2D eigenvalue weighted by Crippen LogP contribution is -2.30. The van der Waals surface area contributed by atoms with Crippen LogP contribution in [0.15, 0.2) is 24.3 Å². The number of unbranched alkanes of at least 4 members (excludes halogenated alkanes) is 1. The minimum atomic E-state index is -1.29. The van der Waals surface area contributed by atoms with Gasteiger partial charge in [0.05, 0.1) is 11.6 Å². The monoisotopic (exact) mass is 233 g/mol. The molecule has 0 spiro atoms. The second-order valence-electron chi connectivity index (χ2n) is 3.98. The number of carbonyl (C=O) groups is 1. The average molecular weight is 233 g/mol. The normalized spacial score (nSPS) is 22.5. The number of fused-ring (bicyclic) bond motifs is 1. The number of carbonyl (C=O) groups excluding carboxylic acids is 1. The number of alkyl halides is 1. The van der Waals surface area contributed by atoms with E-state index in [1.54, 1.807) is 24.3 Å². The third kappa shape index (κ3) is 2.28. The zero-order valence-electron chi connectivity index (χ0n) is 9.23. The summed E-state index contributed by atoms with van der Waals surface area (Å²) in [5, 5.41) is 8.42. The van der Waals surface area contributed by atoms with Gasteiger partial charge in [0.2, 0.25) is 0 Å². The van der Waals surface area contributed by atoms with Gasteiger partial charge in [0.25, 0.3) is 0 Å². The highest BCUT2D eigenvalue weighted by atomic mass is 19.1. The van der Waals surface area contributed by atoms with E-state index in [1.807, 2.05) is 6.07 Å². The van der Waals surface area contributed by atoms with Crippen molar-refractivity contribution in [3.8, 4) is 6.07 Å². The van der Waals surface area contributed by atoms with Gasteiger partial charge in [0.15, 0.2) is 6.17 Å². The van der Waals surface area contributed by atoms with E-state index < -0.39 is 18.2 Å². The van der Waals surface area contributed by atoms with Gasteiger partial charge < -0.3 is 4.74 Å². The summed E-state index contributed by atoms with van der Waals surface area (Å²) in [5.41, 5.74) is 0.697. The van der Waals surface area contributed by atoms with Crippen LogP contribution in [-0.2, 0) is 4.74 Å². The molecule has 0 N–H and O–H groups in total. The Labute approximate surface area is 98.8 Å². The van der Waals surface area contributed by atoms with E-state index in [2.05, 4.69) is 0 Å². The maximum atomic E-state index is 14.1. The number of hydrogen-bond acceptors (Lipinski definition) is 3. The summed E-state index contributed by atoms with van der Waals surface area (Å²) < 4.78 is 19.1. The Kier molecular flexibility index (Phi) is 3.38.